The van der Waals surface area contributed by atoms with E-state index in [4.69, 9.17) is 4.42 Å². The first-order valence-electron chi connectivity index (χ1n) is 6.13. The molecule has 110 valence electrons. The minimum atomic E-state index is -0.511. The Balaban J connectivity index is 2.22. The van der Waals surface area contributed by atoms with E-state index in [-0.39, 0.29) is 11.6 Å². The SMILES string of the molecule is Cc1ccc(CN(C)C(=O)c2cc([N+](=O)[O-])ccc2I)o1. The van der Waals surface area contributed by atoms with Gasteiger partial charge in [-0.15, -0.1) is 0 Å². The van der Waals surface area contributed by atoms with Crippen LogP contribution in [-0.4, -0.2) is 22.8 Å². The molecule has 0 aliphatic carbocycles. The van der Waals surface area contributed by atoms with Crippen molar-refractivity contribution in [2.75, 3.05) is 7.05 Å². The predicted molar refractivity (Wildman–Crippen MR) is 85.1 cm³/mol. The van der Waals surface area contributed by atoms with Gasteiger partial charge in [0.25, 0.3) is 11.6 Å². The Morgan fingerprint density at radius 2 is 2.10 bits per heavy atom. The van der Waals surface area contributed by atoms with Crippen molar-refractivity contribution in [3.05, 3.63) is 61.1 Å². The van der Waals surface area contributed by atoms with Gasteiger partial charge in [0.15, 0.2) is 0 Å². The third kappa shape index (κ3) is 3.60. The summed E-state index contributed by atoms with van der Waals surface area (Å²) < 4.78 is 6.10. The molecule has 0 spiro atoms. The topological polar surface area (TPSA) is 76.6 Å². The number of benzene rings is 1. The lowest BCUT2D eigenvalue weighted by atomic mass is 10.2. The number of carbonyl (C=O) groups excluding carboxylic acids is 1. The third-order valence-corrected chi connectivity index (χ3v) is 3.87. The molecule has 0 N–H and O–H groups in total. The maximum absolute atomic E-state index is 12.4. The van der Waals surface area contributed by atoms with Crippen LogP contribution in [0.15, 0.2) is 34.7 Å². The zero-order valence-corrected chi connectivity index (χ0v) is 13.7. The fraction of sp³-hybridized carbons (Fsp3) is 0.214. The molecule has 0 fully saturated rings. The fourth-order valence-corrected chi connectivity index (χ4v) is 2.44. The van der Waals surface area contributed by atoms with E-state index in [1.54, 1.807) is 19.2 Å². The first-order valence-corrected chi connectivity index (χ1v) is 7.21. The molecule has 21 heavy (non-hydrogen) atoms. The normalized spacial score (nSPS) is 10.4. The molecule has 1 aromatic heterocycles. The van der Waals surface area contributed by atoms with Gasteiger partial charge in [0.2, 0.25) is 0 Å². The van der Waals surface area contributed by atoms with Crippen molar-refractivity contribution < 1.29 is 14.1 Å². The number of nitro groups is 1. The van der Waals surface area contributed by atoms with Crippen LogP contribution in [0.4, 0.5) is 5.69 Å². The molecule has 1 heterocycles. The number of halogens is 1. The number of rotatable bonds is 4. The summed E-state index contributed by atoms with van der Waals surface area (Å²) in [5.41, 5.74) is 0.219. The standard InChI is InChI=1S/C14H13IN2O4/c1-9-3-5-11(21-9)8-16(2)14(18)12-7-10(17(19)20)4-6-13(12)15/h3-7H,8H2,1-2H3. The Labute approximate surface area is 135 Å². The summed E-state index contributed by atoms with van der Waals surface area (Å²) in [5.74, 6) is 1.16. The number of nitrogens with zero attached hydrogens (tertiary/aromatic N) is 2. The van der Waals surface area contributed by atoms with Gasteiger partial charge in [-0.1, -0.05) is 0 Å². The van der Waals surface area contributed by atoms with Crippen LogP contribution in [0.5, 0.6) is 0 Å². The van der Waals surface area contributed by atoms with Crippen LogP contribution >= 0.6 is 22.6 Å². The first kappa shape index (κ1) is 15.5. The van der Waals surface area contributed by atoms with Gasteiger partial charge in [-0.05, 0) is 47.7 Å². The van der Waals surface area contributed by atoms with E-state index in [9.17, 15) is 14.9 Å². The van der Waals surface area contributed by atoms with Crippen molar-refractivity contribution in [3.63, 3.8) is 0 Å². The lowest BCUT2D eigenvalue weighted by Gasteiger charge is -2.16. The van der Waals surface area contributed by atoms with E-state index >= 15 is 0 Å². The van der Waals surface area contributed by atoms with Gasteiger partial charge in [-0.3, -0.25) is 14.9 Å². The van der Waals surface area contributed by atoms with Crippen molar-refractivity contribution in [1.82, 2.24) is 4.90 Å². The van der Waals surface area contributed by atoms with Gasteiger partial charge in [0.1, 0.15) is 11.5 Å². The van der Waals surface area contributed by atoms with Crippen molar-refractivity contribution >= 4 is 34.2 Å². The van der Waals surface area contributed by atoms with E-state index in [0.29, 0.717) is 21.4 Å². The van der Waals surface area contributed by atoms with Crippen LogP contribution in [-0.2, 0) is 6.54 Å². The number of carbonyl (C=O) groups is 1. The summed E-state index contributed by atoms with van der Waals surface area (Å²) >= 11 is 1.99. The Kier molecular flexibility index (Phi) is 4.61. The summed E-state index contributed by atoms with van der Waals surface area (Å²) in [4.78, 5) is 24.2. The lowest BCUT2D eigenvalue weighted by molar-refractivity contribution is -0.384. The highest BCUT2D eigenvalue weighted by Crippen LogP contribution is 2.21. The number of amides is 1. The largest absolute Gasteiger partial charge is 0.464 e. The summed E-state index contributed by atoms with van der Waals surface area (Å²) in [6.45, 7) is 2.14. The summed E-state index contributed by atoms with van der Waals surface area (Å²) in [7, 11) is 1.63. The fourth-order valence-electron chi connectivity index (χ4n) is 1.87. The highest BCUT2D eigenvalue weighted by Gasteiger charge is 2.19. The molecule has 0 saturated heterocycles. The van der Waals surface area contributed by atoms with Crippen LogP contribution in [0.2, 0.25) is 0 Å². The third-order valence-electron chi connectivity index (χ3n) is 2.93. The Morgan fingerprint density at radius 1 is 1.38 bits per heavy atom. The molecule has 0 aliphatic heterocycles. The first-order chi connectivity index (χ1) is 9.88. The van der Waals surface area contributed by atoms with Gasteiger partial charge >= 0.3 is 0 Å². The average Bonchev–Trinajstić information content (AvgIpc) is 2.83. The van der Waals surface area contributed by atoms with Crippen LogP contribution in [0.3, 0.4) is 0 Å². The van der Waals surface area contributed by atoms with Crippen molar-refractivity contribution in [1.29, 1.82) is 0 Å². The van der Waals surface area contributed by atoms with E-state index in [2.05, 4.69) is 0 Å². The van der Waals surface area contributed by atoms with Gasteiger partial charge < -0.3 is 9.32 Å². The van der Waals surface area contributed by atoms with Gasteiger partial charge in [-0.2, -0.15) is 0 Å². The molecule has 1 amide bonds. The number of hydrogen-bond acceptors (Lipinski definition) is 4. The van der Waals surface area contributed by atoms with Gasteiger partial charge in [-0.25, -0.2) is 0 Å². The summed E-state index contributed by atoms with van der Waals surface area (Å²) in [6.07, 6.45) is 0. The zero-order chi connectivity index (χ0) is 15.6. The molecule has 0 unspecified atom stereocenters. The molecular formula is C14H13IN2O4. The molecule has 6 nitrogen and oxygen atoms in total. The molecule has 2 aromatic rings. The van der Waals surface area contributed by atoms with Crippen LogP contribution in [0.25, 0.3) is 0 Å². The van der Waals surface area contributed by atoms with Gasteiger partial charge in [0.05, 0.1) is 17.0 Å². The molecule has 0 saturated carbocycles. The Bertz CT molecular complexity index is 696. The smallest absolute Gasteiger partial charge is 0.270 e. The monoisotopic (exact) mass is 400 g/mol. The van der Waals surface area contributed by atoms with E-state index in [0.717, 1.165) is 5.76 Å². The number of non-ortho nitro benzene ring substituents is 1. The van der Waals surface area contributed by atoms with Crippen LogP contribution < -0.4 is 0 Å². The minimum absolute atomic E-state index is 0.0963. The second-order valence-electron chi connectivity index (χ2n) is 4.59. The number of aryl methyl sites for hydroxylation is 1. The van der Waals surface area contributed by atoms with Crippen LogP contribution in [0.1, 0.15) is 21.9 Å². The van der Waals surface area contributed by atoms with Gasteiger partial charge in [0, 0.05) is 22.8 Å². The van der Waals surface area contributed by atoms with E-state index in [1.807, 2.05) is 35.6 Å². The Morgan fingerprint density at radius 3 is 2.67 bits per heavy atom. The molecule has 0 radical (unpaired) electrons. The average molecular weight is 400 g/mol. The van der Waals surface area contributed by atoms with E-state index < -0.39 is 4.92 Å². The van der Waals surface area contributed by atoms with Crippen molar-refractivity contribution in [3.8, 4) is 0 Å². The van der Waals surface area contributed by atoms with E-state index in [1.165, 1.54) is 17.0 Å². The molecule has 0 bridgehead atoms. The number of hydrogen-bond donors (Lipinski definition) is 0. The highest BCUT2D eigenvalue weighted by atomic mass is 127. The maximum Gasteiger partial charge on any atom is 0.270 e. The lowest BCUT2D eigenvalue weighted by Crippen LogP contribution is -2.26. The Hall–Kier alpha value is -1.90. The van der Waals surface area contributed by atoms with Crippen molar-refractivity contribution in [2.24, 2.45) is 0 Å². The predicted octanol–water partition coefficient (Wildman–Crippen LogP) is 3.37. The molecule has 1 aromatic carbocycles. The molecule has 7 heteroatoms. The van der Waals surface area contributed by atoms with Crippen LogP contribution in [0, 0.1) is 20.6 Å². The molecule has 0 atom stereocenters. The highest BCUT2D eigenvalue weighted by molar-refractivity contribution is 14.1. The quantitative estimate of drug-likeness (QED) is 0.448. The maximum atomic E-state index is 12.4. The summed E-state index contributed by atoms with van der Waals surface area (Å²) in [5, 5.41) is 10.8. The summed E-state index contributed by atoms with van der Waals surface area (Å²) in [6, 6.07) is 7.88. The second-order valence-corrected chi connectivity index (χ2v) is 5.76. The number of furan rings is 1. The zero-order valence-electron chi connectivity index (χ0n) is 11.5. The molecule has 0 aliphatic rings. The molecule has 2 rings (SSSR count). The minimum Gasteiger partial charge on any atom is -0.464 e. The number of nitro benzene ring substituents is 1. The molecular weight excluding hydrogens is 387 g/mol. The second kappa shape index (κ2) is 6.25. The van der Waals surface area contributed by atoms with Crippen molar-refractivity contribution in [2.45, 2.75) is 13.5 Å².